The van der Waals surface area contributed by atoms with E-state index in [4.69, 9.17) is 33.2 Å². The second-order valence-corrected chi connectivity index (χ2v) is 18.2. The lowest BCUT2D eigenvalue weighted by Crippen LogP contribution is -2.67. The lowest BCUT2D eigenvalue weighted by molar-refractivity contribution is -0.343. The number of aliphatic hydroxyl groups is 3. The molecule has 0 radical (unpaired) electrons. The molecule has 0 spiro atoms. The molecule has 2 heterocycles. The monoisotopic (exact) mass is 815 g/mol. The minimum absolute atomic E-state index is 0.0281. The molecule has 16 unspecified atom stereocenters. The summed E-state index contributed by atoms with van der Waals surface area (Å²) in [5.74, 6) is -2.38. The Labute approximate surface area is 344 Å². The van der Waals surface area contributed by atoms with Crippen molar-refractivity contribution in [3.05, 3.63) is 0 Å². The van der Waals surface area contributed by atoms with E-state index in [0.717, 1.165) is 44.2 Å². The third-order valence-corrected chi connectivity index (χ3v) is 13.4. The van der Waals surface area contributed by atoms with E-state index in [2.05, 4.69) is 37.8 Å². The standard InChI is InChI=1S/C44H82N2O11/c1-16-19-26(4)37(45-12)28(6)39(47)43(11,49)34(18-3)55-40(48)29(7)38(56-36-25-42(10,51-15)44(50,31(9)54-36)32-20-21-32)30(8)41(52-22-17-2)57-35-24-33(46(13)14)23-27(5)53-35/h26-36,38-39,41,47,49-50H,16-25H2,1-15H3. The van der Waals surface area contributed by atoms with Gasteiger partial charge in [0.25, 0.3) is 0 Å². The van der Waals surface area contributed by atoms with Crippen LogP contribution in [0.4, 0.5) is 0 Å². The van der Waals surface area contributed by atoms with Gasteiger partial charge < -0.3 is 53.4 Å². The number of hydrogen-bond donors (Lipinski definition) is 3. The summed E-state index contributed by atoms with van der Waals surface area (Å²) in [6.07, 6.45) is 0.317. The molecule has 334 valence electrons. The van der Waals surface area contributed by atoms with Gasteiger partial charge in [-0.1, -0.05) is 48.0 Å². The molecule has 3 N–H and O–H groups in total. The molecule has 3 rings (SSSR count). The van der Waals surface area contributed by atoms with Gasteiger partial charge in [-0.3, -0.25) is 9.79 Å². The lowest BCUT2D eigenvalue weighted by atomic mass is 9.72. The topological polar surface area (TPSA) is 158 Å². The van der Waals surface area contributed by atoms with Crippen LogP contribution in [0.1, 0.15) is 134 Å². The molecule has 2 saturated heterocycles. The Bertz CT molecular complexity index is 1260. The Hall–Kier alpha value is -1.26. The molecule has 0 bridgehead atoms. The predicted molar refractivity (Wildman–Crippen MR) is 221 cm³/mol. The quantitative estimate of drug-likeness (QED) is 0.0618. The number of methoxy groups -OCH3 is 1. The van der Waals surface area contributed by atoms with Crippen LogP contribution < -0.4 is 0 Å². The number of carbonyl (C=O) groups excluding carboxylic acids is 1. The second kappa shape index (κ2) is 21.5. The third kappa shape index (κ3) is 11.8. The highest BCUT2D eigenvalue weighted by molar-refractivity contribution is 5.89. The molecule has 0 aromatic rings. The van der Waals surface area contributed by atoms with E-state index in [1.54, 1.807) is 21.1 Å². The fourth-order valence-corrected chi connectivity index (χ4v) is 9.52. The van der Waals surface area contributed by atoms with Crippen LogP contribution in [-0.2, 0) is 38.0 Å². The number of ether oxygens (including phenoxy) is 7. The normalized spacial score (nSPS) is 34.1. The number of aliphatic hydroxyl groups excluding tert-OH is 1. The van der Waals surface area contributed by atoms with Crippen molar-refractivity contribution in [1.82, 2.24) is 4.90 Å². The second-order valence-electron chi connectivity index (χ2n) is 18.2. The lowest BCUT2D eigenvalue weighted by Gasteiger charge is -2.54. The highest BCUT2D eigenvalue weighted by Gasteiger charge is 2.64. The zero-order chi connectivity index (χ0) is 43.0. The molecule has 57 heavy (non-hydrogen) atoms. The van der Waals surface area contributed by atoms with Crippen LogP contribution in [0, 0.1) is 29.6 Å². The molecule has 16 atom stereocenters. The van der Waals surface area contributed by atoms with Crippen LogP contribution in [0.2, 0.25) is 0 Å². The Balaban J connectivity index is 1.97. The average Bonchev–Trinajstić information content (AvgIpc) is 4.02. The zero-order valence-corrected chi connectivity index (χ0v) is 38.2. The average molecular weight is 815 g/mol. The van der Waals surface area contributed by atoms with E-state index < -0.39 is 83.8 Å². The van der Waals surface area contributed by atoms with Crippen LogP contribution >= 0.6 is 0 Å². The Morgan fingerprint density at radius 1 is 1.00 bits per heavy atom. The number of esters is 1. The van der Waals surface area contributed by atoms with E-state index in [-0.39, 0.29) is 36.8 Å². The first-order chi connectivity index (χ1) is 26.7. The number of nitrogens with zero attached hydrogens (tertiary/aromatic N) is 2. The van der Waals surface area contributed by atoms with Gasteiger partial charge in [-0.25, -0.2) is 0 Å². The minimum Gasteiger partial charge on any atom is -0.459 e. The van der Waals surface area contributed by atoms with Crippen LogP contribution in [0.15, 0.2) is 4.99 Å². The van der Waals surface area contributed by atoms with Crippen LogP contribution in [0.25, 0.3) is 0 Å². The SMILES string of the molecule is CCCOC(OC1CC(N(C)C)CC(C)O1)C(C)C(OC1CC(C)(OC)C(O)(C2CC2)C(C)O1)C(C)C(=O)OC(CC)C(C)(O)C(O)C(C)C(=NC)C(C)CCC. The van der Waals surface area contributed by atoms with E-state index >= 15 is 0 Å². The van der Waals surface area contributed by atoms with Crippen molar-refractivity contribution in [2.75, 3.05) is 34.9 Å². The minimum atomic E-state index is -1.79. The summed E-state index contributed by atoms with van der Waals surface area (Å²) in [6.45, 7) is 21.2. The molecule has 1 saturated carbocycles. The predicted octanol–water partition coefficient (Wildman–Crippen LogP) is 6.13. The van der Waals surface area contributed by atoms with Crippen molar-refractivity contribution >= 4 is 11.7 Å². The molecule has 2 aliphatic heterocycles. The van der Waals surface area contributed by atoms with Crippen LogP contribution in [0.3, 0.4) is 0 Å². The van der Waals surface area contributed by atoms with Crippen molar-refractivity contribution in [2.24, 2.45) is 34.6 Å². The summed E-state index contributed by atoms with van der Waals surface area (Å²) in [5.41, 5.74) is -3.18. The van der Waals surface area contributed by atoms with Crippen molar-refractivity contribution < 1.29 is 53.3 Å². The van der Waals surface area contributed by atoms with E-state index in [0.29, 0.717) is 13.0 Å². The first-order valence-electron chi connectivity index (χ1n) is 21.9. The molecule has 13 heteroatoms. The molecule has 3 aliphatic rings. The van der Waals surface area contributed by atoms with E-state index in [9.17, 15) is 20.1 Å². The number of rotatable bonds is 23. The molecular weight excluding hydrogens is 732 g/mol. The van der Waals surface area contributed by atoms with Gasteiger partial charge in [-0.15, -0.1) is 0 Å². The molecule has 3 fully saturated rings. The van der Waals surface area contributed by atoms with Gasteiger partial charge in [0.15, 0.2) is 18.9 Å². The van der Waals surface area contributed by atoms with Crippen molar-refractivity contribution in [3.8, 4) is 0 Å². The Kier molecular flexibility index (Phi) is 18.9. The fraction of sp³-hybridized carbons (Fsp3) is 0.955. The van der Waals surface area contributed by atoms with Gasteiger partial charge in [-0.2, -0.15) is 0 Å². The highest BCUT2D eigenvalue weighted by Crippen LogP contribution is 2.53. The van der Waals surface area contributed by atoms with Crippen molar-refractivity contribution in [2.45, 2.75) is 206 Å². The van der Waals surface area contributed by atoms with Gasteiger partial charge >= 0.3 is 5.97 Å². The first kappa shape index (κ1) is 50.1. The summed E-state index contributed by atoms with van der Waals surface area (Å²) in [5, 5.41) is 35.6. The van der Waals surface area contributed by atoms with Gasteiger partial charge in [0.05, 0.1) is 30.3 Å². The van der Waals surface area contributed by atoms with Crippen LogP contribution in [-0.4, -0.2) is 139 Å². The van der Waals surface area contributed by atoms with Gasteiger partial charge in [0.1, 0.15) is 22.9 Å². The maximum Gasteiger partial charge on any atom is 0.311 e. The summed E-state index contributed by atoms with van der Waals surface area (Å²) in [4.78, 5) is 21.1. The summed E-state index contributed by atoms with van der Waals surface area (Å²) in [6, 6.07) is 0.252. The molecular formula is C44H82N2O11. The first-order valence-corrected chi connectivity index (χ1v) is 21.9. The third-order valence-electron chi connectivity index (χ3n) is 13.4. The van der Waals surface area contributed by atoms with E-state index in [1.807, 2.05) is 48.5 Å². The Morgan fingerprint density at radius 2 is 1.65 bits per heavy atom. The number of carbonyl (C=O) groups is 1. The zero-order valence-electron chi connectivity index (χ0n) is 38.2. The number of hydrogen-bond acceptors (Lipinski definition) is 13. The maximum atomic E-state index is 14.4. The van der Waals surface area contributed by atoms with Gasteiger partial charge in [0.2, 0.25) is 0 Å². The summed E-state index contributed by atoms with van der Waals surface area (Å²) < 4.78 is 44.9. The molecule has 0 aromatic carbocycles. The van der Waals surface area contributed by atoms with Crippen LogP contribution in [0.5, 0.6) is 0 Å². The summed E-state index contributed by atoms with van der Waals surface area (Å²) >= 11 is 0. The largest absolute Gasteiger partial charge is 0.459 e. The van der Waals surface area contributed by atoms with E-state index in [1.165, 1.54) is 6.92 Å². The summed E-state index contributed by atoms with van der Waals surface area (Å²) in [7, 11) is 7.42. The van der Waals surface area contributed by atoms with Gasteiger partial charge in [-0.05, 0) is 99.1 Å². The Morgan fingerprint density at radius 3 is 2.18 bits per heavy atom. The maximum absolute atomic E-state index is 14.4. The fourth-order valence-electron chi connectivity index (χ4n) is 9.52. The molecule has 0 aromatic heterocycles. The number of aliphatic imine (C=N–C) groups is 1. The molecule has 13 nitrogen and oxygen atoms in total. The van der Waals surface area contributed by atoms with Gasteiger partial charge in [0, 0.05) is 57.2 Å². The molecule has 1 aliphatic carbocycles. The highest BCUT2D eigenvalue weighted by atomic mass is 16.8. The molecule has 0 amide bonds. The van der Waals surface area contributed by atoms with Crippen molar-refractivity contribution in [1.29, 1.82) is 0 Å². The smallest absolute Gasteiger partial charge is 0.311 e. The van der Waals surface area contributed by atoms with Crippen molar-refractivity contribution in [3.63, 3.8) is 0 Å².